The average Bonchev–Trinajstić information content (AvgIpc) is 2.93. The average molecular weight is 369 g/mol. The van der Waals surface area contributed by atoms with Crippen molar-refractivity contribution in [3.8, 4) is 11.5 Å². The first-order chi connectivity index (χ1) is 11.4. The molecule has 0 saturated carbocycles. The highest BCUT2D eigenvalue weighted by Crippen LogP contribution is 2.34. The first-order valence-corrected chi connectivity index (χ1v) is 9.32. The lowest BCUT2D eigenvalue weighted by atomic mass is 10.3. The third-order valence-electron chi connectivity index (χ3n) is 3.35. The quantitative estimate of drug-likeness (QED) is 0.833. The lowest BCUT2D eigenvalue weighted by molar-refractivity contribution is 0.0605. The summed E-state index contributed by atoms with van der Waals surface area (Å²) in [7, 11) is -2.53. The first kappa shape index (κ1) is 16.6. The number of benzene rings is 1. The Kier molecular flexibility index (Phi) is 4.37. The molecule has 1 aromatic carbocycles. The van der Waals surface area contributed by atoms with E-state index in [1.165, 1.54) is 19.2 Å². The van der Waals surface area contributed by atoms with Crippen LogP contribution in [0.15, 0.2) is 29.2 Å². The number of hydrogen-bond donors (Lipinski definition) is 1. The highest BCUT2D eigenvalue weighted by atomic mass is 32.2. The number of carbonyl (C=O) groups is 1. The third-order valence-corrected chi connectivity index (χ3v) is 5.97. The van der Waals surface area contributed by atoms with Gasteiger partial charge in [0.1, 0.15) is 23.1 Å². The molecule has 0 unspecified atom stereocenters. The molecule has 0 atom stereocenters. The van der Waals surface area contributed by atoms with Gasteiger partial charge in [-0.1, -0.05) is 0 Å². The number of carbonyl (C=O) groups excluding carboxylic acids is 1. The van der Waals surface area contributed by atoms with E-state index in [0.717, 1.165) is 11.3 Å². The summed E-state index contributed by atoms with van der Waals surface area (Å²) in [4.78, 5) is 12.0. The predicted molar refractivity (Wildman–Crippen MR) is 88.6 cm³/mol. The number of methoxy groups -OCH3 is 1. The van der Waals surface area contributed by atoms with Gasteiger partial charge in [-0.3, -0.25) is 4.72 Å². The zero-order chi connectivity index (χ0) is 17.3. The molecule has 0 spiro atoms. The molecule has 7 nitrogen and oxygen atoms in total. The van der Waals surface area contributed by atoms with Crippen molar-refractivity contribution in [2.45, 2.75) is 11.8 Å². The van der Waals surface area contributed by atoms with Gasteiger partial charge in [-0.2, -0.15) is 0 Å². The predicted octanol–water partition coefficient (Wildman–Crippen LogP) is 2.42. The van der Waals surface area contributed by atoms with Gasteiger partial charge in [0.25, 0.3) is 10.0 Å². The van der Waals surface area contributed by atoms with Gasteiger partial charge in [0.15, 0.2) is 11.5 Å². The Labute approximate surface area is 143 Å². The van der Waals surface area contributed by atoms with Crippen LogP contribution in [0, 0.1) is 6.92 Å². The normalized spacial score (nSPS) is 13.4. The summed E-state index contributed by atoms with van der Waals surface area (Å²) in [5.74, 6) is 0.407. The Balaban J connectivity index is 1.88. The van der Waals surface area contributed by atoms with Crippen molar-refractivity contribution in [2.24, 2.45) is 0 Å². The van der Waals surface area contributed by atoms with Crippen molar-refractivity contribution in [2.75, 3.05) is 25.0 Å². The van der Waals surface area contributed by atoms with Crippen LogP contribution in [0.4, 0.5) is 5.00 Å². The fraction of sp³-hybridized carbons (Fsp3) is 0.267. The second kappa shape index (κ2) is 6.33. The van der Waals surface area contributed by atoms with E-state index in [9.17, 15) is 13.2 Å². The van der Waals surface area contributed by atoms with Crippen LogP contribution in [0.2, 0.25) is 0 Å². The Morgan fingerprint density at radius 1 is 1.21 bits per heavy atom. The van der Waals surface area contributed by atoms with Crippen LogP contribution < -0.4 is 14.2 Å². The van der Waals surface area contributed by atoms with Gasteiger partial charge < -0.3 is 14.2 Å². The van der Waals surface area contributed by atoms with Gasteiger partial charge in [0, 0.05) is 6.07 Å². The Hall–Kier alpha value is -2.26. The molecule has 0 saturated heterocycles. The minimum atomic E-state index is -3.81. The molecule has 2 heterocycles. The van der Waals surface area contributed by atoms with Gasteiger partial charge >= 0.3 is 5.97 Å². The highest BCUT2D eigenvalue weighted by Gasteiger charge is 2.22. The molecule has 0 aliphatic carbocycles. The van der Waals surface area contributed by atoms with Crippen molar-refractivity contribution >= 4 is 32.3 Å². The zero-order valence-corrected chi connectivity index (χ0v) is 14.6. The van der Waals surface area contributed by atoms with Crippen LogP contribution in [0.3, 0.4) is 0 Å². The standard InChI is InChI=1S/C15H15NO6S2/c1-9-7-13(23-14(9)15(17)20-2)16-24(18,19)10-3-4-11-12(8-10)22-6-5-21-11/h3-4,7-8,16H,5-6H2,1-2H3. The Morgan fingerprint density at radius 3 is 2.62 bits per heavy atom. The summed E-state index contributed by atoms with van der Waals surface area (Å²) < 4.78 is 43.0. The molecule has 0 amide bonds. The molecule has 0 fully saturated rings. The summed E-state index contributed by atoms with van der Waals surface area (Å²) in [5.41, 5.74) is 0.645. The van der Waals surface area contributed by atoms with Crippen LogP contribution in [-0.4, -0.2) is 34.7 Å². The van der Waals surface area contributed by atoms with Crippen LogP contribution in [0.25, 0.3) is 0 Å². The summed E-state index contributed by atoms with van der Waals surface area (Å²) in [6.07, 6.45) is 0. The van der Waals surface area contributed by atoms with E-state index >= 15 is 0 Å². The molecule has 1 aliphatic heterocycles. The summed E-state index contributed by atoms with van der Waals surface area (Å²) >= 11 is 1.02. The fourth-order valence-electron chi connectivity index (χ4n) is 2.21. The van der Waals surface area contributed by atoms with Crippen molar-refractivity contribution < 1.29 is 27.4 Å². The Bertz CT molecular complexity index is 887. The maximum Gasteiger partial charge on any atom is 0.348 e. The maximum atomic E-state index is 12.5. The SMILES string of the molecule is COC(=O)c1sc(NS(=O)(=O)c2ccc3c(c2)OCCO3)cc1C. The molecule has 2 aromatic rings. The minimum Gasteiger partial charge on any atom is -0.486 e. The number of sulfonamides is 1. The number of hydrogen-bond acceptors (Lipinski definition) is 7. The Morgan fingerprint density at radius 2 is 1.92 bits per heavy atom. The maximum absolute atomic E-state index is 12.5. The smallest absolute Gasteiger partial charge is 0.348 e. The summed E-state index contributed by atoms with van der Waals surface area (Å²) in [6, 6.07) is 6.01. The lowest BCUT2D eigenvalue weighted by Crippen LogP contribution is -2.17. The number of aryl methyl sites for hydroxylation is 1. The molecule has 9 heteroatoms. The van der Waals surface area contributed by atoms with Crippen LogP contribution >= 0.6 is 11.3 Å². The molecule has 1 N–H and O–H groups in total. The second-order valence-electron chi connectivity index (χ2n) is 5.03. The van der Waals surface area contributed by atoms with Gasteiger partial charge in [-0.05, 0) is 30.7 Å². The molecule has 128 valence electrons. The van der Waals surface area contributed by atoms with E-state index in [4.69, 9.17) is 9.47 Å². The zero-order valence-electron chi connectivity index (χ0n) is 13.0. The highest BCUT2D eigenvalue weighted by molar-refractivity contribution is 7.93. The van der Waals surface area contributed by atoms with Crippen molar-refractivity contribution in [1.82, 2.24) is 0 Å². The second-order valence-corrected chi connectivity index (χ2v) is 7.76. The molecule has 1 aliphatic rings. The molecule has 24 heavy (non-hydrogen) atoms. The van der Waals surface area contributed by atoms with E-state index in [-0.39, 0.29) is 4.90 Å². The van der Waals surface area contributed by atoms with Crippen LogP contribution in [0.1, 0.15) is 15.2 Å². The third kappa shape index (κ3) is 3.17. The van der Waals surface area contributed by atoms with E-state index in [2.05, 4.69) is 9.46 Å². The van der Waals surface area contributed by atoms with E-state index < -0.39 is 16.0 Å². The molecule has 1 aromatic heterocycles. The molecule has 0 bridgehead atoms. The van der Waals surface area contributed by atoms with Crippen molar-refractivity contribution in [3.05, 3.63) is 34.7 Å². The lowest BCUT2D eigenvalue weighted by Gasteiger charge is -2.18. The largest absolute Gasteiger partial charge is 0.486 e. The number of nitrogens with one attached hydrogen (secondary N) is 1. The number of rotatable bonds is 4. The van der Waals surface area contributed by atoms with E-state index in [1.807, 2.05) is 0 Å². The van der Waals surface area contributed by atoms with Gasteiger partial charge in [0.05, 0.1) is 12.0 Å². The van der Waals surface area contributed by atoms with E-state index in [0.29, 0.717) is 40.2 Å². The van der Waals surface area contributed by atoms with Crippen molar-refractivity contribution in [3.63, 3.8) is 0 Å². The van der Waals surface area contributed by atoms with E-state index in [1.54, 1.807) is 19.1 Å². The number of ether oxygens (including phenoxy) is 3. The number of anilines is 1. The molecule has 0 radical (unpaired) electrons. The van der Waals surface area contributed by atoms with Crippen LogP contribution in [0.5, 0.6) is 11.5 Å². The van der Waals surface area contributed by atoms with Crippen LogP contribution in [-0.2, 0) is 14.8 Å². The minimum absolute atomic E-state index is 0.0532. The topological polar surface area (TPSA) is 90.9 Å². The fourth-order valence-corrected chi connectivity index (χ4v) is 4.50. The first-order valence-electron chi connectivity index (χ1n) is 7.02. The monoisotopic (exact) mass is 369 g/mol. The number of thiophene rings is 1. The molecule has 3 rings (SSSR count). The van der Waals surface area contributed by atoms with Gasteiger partial charge in [-0.25, -0.2) is 13.2 Å². The van der Waals surface area contributed by atoms with Gasteiger partial charge in [-0.15, -0.1) is 11.3 Å². The van der Waals surface area contributed by atoms with Gasteiger partial charge in [0.2, 0.25) is 0 Å². The number of fused-ring (bicyclic) bond motifs is 1. The summed E-state index contributed by atoms with van der Waals surface area (Å²) in [5, 5.41) is 0.336. The summed E-state index contributed by atoms with van der Waals surface area (Å²) in [6.45, 7) is 2.52. The molecular formula is C15H15NO6S2. The molecular weight excluding hydrogens is 354 g/mol. The number of esters is 1. The van der Waals surface area contributed by atoms with Crippen molar-refractivity contribution in [1.29, 1.82) is 0 Å².